The smallest absolute Gasteiger partial charge is 0.308 e. The van der Waals surface area contributed by atoms with Gasteiger partial charge in [0.05, 0.1) is 7.11 Å². The van der Waals surface area contributed by atoms with Gasteiger partial charge in [0, 0.05) is 25.0 Å². The number of hydrogen-bond acceptors (Lipinski definition) is 4. The summed E-state index contributed by atoms with van der Waals surface area (Å²) in [4.78, 5) is 11.3. The molecule has 3 aromatic carbocycles. The Morgan fingerprint density at radius 2 is 1.55 bits per heavy atom. The zero-order valence-electron chi connectivity index (χ0n) is 18.3. The SMILES string of the molecule is COc1ccc2c(c1)OC(C)(C)C/C2=C(\c1ccccc1)c1ccc(OC(C)=O)cc1. The van der Waals surface area contributed by atoms with Crippen LogP contribution < -0.4 is 14.2 Å². The number of carbonyl (C=O) groups excluding carboxylic acids is 1. The number of methoxy groups -OCH3 is 1. The third kappa shape index (κ3) is 4.48. The second-order valence-corrected chi connectivity index (χ2v) is 8.24. The molecule has 1 aliphatic heterocycles. The predicted octanol–water partition coefficient (Wildman–Crippen LogP) is 6.14. The van der Waals surface area contributed by atoms with Gasteiger partial charge in [-0.3, -0.25) is 4.79 Å². The van der Waals surface area contributed by atoms with Crippen molar-refractivity contribution >= 4 is 17.1 Å². The summed E-state index contributed by atoms with van der Waals surface area (Å²) in [6.07, 6.45) is 0.752. The maximum Gasteiger partial charge on any atom is 0.308 e. The van der Waals surface area contributed by atoms with Crippen molar-refractivity contribution < 1.29 is 19.0 Å². The minimum Gasteiger partial charge on any atom is -0.497 e. The molecule has 0 bridgehead atoms. The van der Waals surface area contributed by atoms with Gasteiger partial charge in [0.1, 0.15) is 22.8 Å². The molecule has 0 amide bonds. The van der Waals surface area contributed by atoms with Crippen LogP contribution in [0.25, 0.3) is 11.1 Å². The number of ether oxygens (including phenoxy) is 3. The molecule has 0 N–H and O–H groups in total. The van der Waals surface area contributed by atoms with E-state index in [0.29, 0.717) is 5.75 Å². The van der Waals surface area contributed by atoms with E-state index in [9.17, 15) is 4.79 Å². The molecule has 0 atom stereocenters. The van der Waals surface area contributed by atoms with Gasteiger partial charge in [-0.15, -0.1) is 0 Å². The fraction of sp³-hybridized carbons (Fsp3) is 0.222. The molecule has 0 saturated carbocycles. The van der Waals surface area contributed by atoms with Crippen molar-refractivity contribution in [2.75, 3.05) is 7.11 Å². The average Bonchev–Trinajstić information content (AvgIpc) is 2.74. The van der Waals surface area contributed by atoms with Gasteiger partial charge < -0.3 is 14.2 Å². The Morgan fingerprint density at radius 1 is 0.903 bits per heavy atom. The number of benzene rings is 3. The van der Waals surface area contributed by atoms with Crippen LogP contribution in [0.1, 0.15) is 43.9 Å². The first-order valence-corrected chi connectivity index (χ1v) is 10.3. The molecule has 4 nitrogen and oxygen atoms in total. The maximum absolute atomic E-state index is 11.3. The summed E-state index contributed by atoms with van der Waals surface area (Å²) < 4.78 is 17.0. The molecule has 158 valence electrons. The third-order valence-corrected chi connectivity index (χ3v) is 5.27. The van der Waals surface area contributed by atoms with Gasteiger partial charge in [-0.25, -0.2) is 0 Å². The van der Waals surface area contributed by atoms with Gasteiger partial charge in [-0.1, -0.05) is 42.5 Å². The van der Waals surface area contributed by atoms with Crippen LogP contribution in [0.3, 0.4) is 0 Å². The zero-order chi connectivity index (χ0) is 22.0. The lowest BCUT2D eigenvalue weighted by molar-refractivity contribution is -0.131. The minimum absolute atomic E-state index is 0.330. The van der Waals surface area contributed by atoms with E-state index >= 15 is 0 Å². The molecule has 0 fully saturated rings. The Hall–Kier alpha value is -3.53. The van der Waals surface area contributed by atoms with Crippen LogP contribution in [-0.2, 0) is 4.79 Å². The van der Waals surface area contributed by atoms with Crippen LogP contribution in [0, 0.1) is 0 Å². The van der Waals surface area contributed by atoms with Crippen LogP contribution in [0.5, 0.6) is 17.2 Å². The molecule has 0 aliphatic carbocycles. The summed E-state index contributed by atoms with van der Waals surface area (Å²) in [7, 11) is 1.66. The summed E-state index contributed by atoms with van der Waals surface area (Å²) in [5, 5.41) is 0. The number of hydrogen-bond donors (Lipinski definition) is 0. The molecule has 4 heteroatoms. The van der Waals surface area contributed by atoms with E-state index in [0.717, 1.165) is 40.2 Å². The average molecular weight is 415 g/mol. The first kappa shape index (κ1) is 20.7. The fourth-order valence-corrected chi connectivity index (χ4v) is 4.02. The van der Waals surface area contributed by atoms with Crippen LogP contribution in [0.2, 0.25) is 0 Å². The molecule has 0 saturated heterocycles. The molecule has 31 heavy (non-hydrogen) atoms. The number of fused-ring (bicyclic) bond motifs is 1. The summed E-state index contributed by atoms with van der Waals surface area (Å²) >= 11 is 0. The van der Waals surface area contributed by atoms with Crippen molar-refractivity contribution in [3.8, 4) is 17.2 Å². The van der Waals surface area contributed by atoms with E-state index in [-0.39, 0.29) is 11.6 Å². The molecule has 1 aliphatic rings. The van der Waals surface area contributed by atoms with Crippen molar-refractivity contribution in [2.24, 2.45) is 0 Å². The lowest BCUT2D eigenvalue weighted by Crippen LogP contribution is -2.32. The normalized spacial score (nSPS) is 16.0. The first-order valence-electron chi connectivity index (χ1n) is 10.3. The van der Waals surface area contributed by atoms with Gasteiger partial charge in [-0.05, 0) is 60.4 Å². The van der Waals surface area contributed by atoms with E-state index in [1.54, 1.807) is 7.11 Å². The van der Waals surface area contributed by atoms with Gasteiger partial charge in [0.2, 0.25) is 0 Å². The van der Waals surface area contributed by atoms with Crippen LogP contribution in [-0.4, -0.2) is 18.7 Å². The lowest BCUT2D eigenvalue weighted by atomic mass is 9.82. The van der Waals surface area contributed by atoms with Crippen molar-refractivity contribution in [1.82, 2.24) is 0 Å². The van der Waals surface area contributed by atoms with Gasteiger partial charge >= 0.3 is 5.97 Å². The largest absolute Gasteiger partial charge is 0.497 e. The highest BCUT2D eigenvalue weighted by molar-refractivity contribution is 6.00. The topological polar surface area (TPSA) is 44.8 Å². The molecule has 1 heterocycles. The number of carbonyl (C=O) groups is 1. The Labute approximate surface area is 183 Å². The zero-order valence-corrected chi connectivity index (χ0v) is 18.3. The summed E-state index contributed by atoms with van der Waals surface area (Å²) in [6.45, 7) is 5.60. The highest BCUT2D eigenvalue weighted by Crippen LogP contribution is 2.46. The van der Waals surface area contributed by atoms with Gasteiger partial charge in [0.25, 0.3) is 0 Å². The standard InChI is InChI=1S/C27H26O4/c1-18(28)30-21-12-10-20(11-13-21)26(19-8-6-5-7-9-19)24-17-27(2,3)31-25-16-22(29-4)14-15-23(24)25/h5-16H,17H2,1-4H3/b26-24-. The summed E-state index contributed by atoms with van der Waals surface area (Å²) in [5.41, 5.74) is 5.21. The Balaban J connectivity index is 1.94. The predicted molar refractivity (Wildman–Crippen MR) is 122 cm³/mol. The van der Waals surface area contributed by atoms with Crippen molar-refractivity contribution in [3.05, 3.63) is 89.5 Å². The van der Waals surface area contributed by atoms with Crippen molar-refractivity contribution in [1.29, 1.82) is 0 Å². The van der Waals surface area contributed by atoms with E-state index in [1.165, 1.54) is 12.5 Å². The highest BCUT2D eigenvalue weighted by Gasteiger charge is 2.32. The Morgan fingerprint density at radius 3 is 2.19 bits per heavy atom. The molecule has 0 spiro atoms. The second kappa shape index (κ2) is 8.31. The van der Waals surface area contributed by atoms with Gasteiger partial charge in [-0.2, -0.15) is 0 Å². The van der Waals surface area contributed by atoms with Crippen molar-refractivity contribution in [2.45, 2.75) is 32.8 Å². The van der Waals surface area contributed by atoms with Crippen LogP contribution >= 0.6 is 0 Å². The molecule has 4 rings (SSSR count). The van der Waals surface area contributed by atoms with E-state index < -0.39 is 0 Å². The van der Waals surface area contributed by atoms with Gasteiger partial charge in [0.15, 0.2) is 0 Å². The second-order valence-electron chi connectivity index (χ2n) is 8.24. The third-order valence-electron chi connectivity index (χ3n) is 5.27. The van der Waals surface area contributed by atoms with Crippen LogP contribution in [0.15, 0.2) is 72.8 Å². The van der Waals surface area contributed by atoms with Crippen LogP contribution in [0.4, 0.5) is 0 Å². The van der Waals surface area contributed by atoms with E-state index in [1.807, 2.05) is 54.6 Å². The Bertz CT molecular complexity index is 1130. The minimum atomic E-state index is -0.369. The summed E-state index contributed by atoms with van der Waals surface area (Å²) in [5.74, 6) is 1.79. The fourth-order valence-electron chi connectivity index (χ4n) is 4.02. The quantitative estimate of drug-likeness (QED) is 0.380. The highest BCUT2D eigenvalue weighted by atomic mass is 16.5. The van der Waals surface area contributed by atoms with E-state index in [2.05, 4.69) is 32.0 Å². The van der Waals surface area contributed by atoms with E-state index in [4.69, 9.17) is 14.2 Å². The molecular weight excluding hydrogens is 388 g/mol. The molecule has 3 aromatic rings. The maximum atomic E-state index is 11.3. The molecule has 0 radical (unpaired) electrons. The molecular formula is C27H26O4. The molecule has 0 aromatic heterocycles. The Kier molecular flexibility index (Phi) is 5.55. The monoisotopic (exact) mass is 414 g/mol. The lowest BCUT2D eigenvalue weighted by Gasteiger charge is -2.36. The molecule has 0 unspecified atom stereocenters. The first-order chi connectivity index (χ1) is 14.9. The van der Waals surface area contributed by atoms with Crippen molar-refractivity contribution in [3.63, 3.8) is 0 Å². The number of esters is 1. The summed E-state index contributed by atoms with van der Waals surface area (Å²) in [6, 6.07) is 24.0. The number of rotatable bonds is 4.